The minimum absolute atomic E-state index is 0.143. The second kappa shape index (κ2) is 8.88. The van der Waals surface area contributed by atoms with E-state index in [1.54, 1.807) is 6.26 Å². The lowest BCUT2D eigenvalue weighted by Gasteiger charge is -2.38. The van der Waals surface area contributed by atoms with Gasteiger partial charge in [0.2, 0.25) is 0 Å². The fourth-order valence-electron chi connectivity index (χ4n) is 5.49. The lowest BCUT2D eigenvalue weighted by atomic mass is 9.77. The van der Waals surface area contributed by atoms with Crippen LogP contribution in [0.5, 0.6) is 0 Å². The quantitative estimate of drug-likeness (QED) is 0.519. The van der Waals surface area contributed by atoms with Crippen LogP contribution in [0, 0.1) is 5.92 Å². The second-order valence-corrected chi connectivity index (χ2v) is 8.80. The first kappa shape index (κ1) is 20.9. The number of ether oxygens (including phenoxy) is 1. The van der Waals surface area contributed by atoms with E-state index in [1.165, 1.54) is 12.8 Å². The van der Waals surface area contributed by atoms with Crippen LogP contribution in [-0.4, -0.2) is 47.4 Å². The Morgan fingerprint density at radius 3 is 2.31 bits per heavy atom. The summed E-state index contributed by atoms with van der Waals surface area (Å²) in [5.41, 5.74) is 2.86. The smallest absolute Gasteiger partial charge is 0.293 e. The van der Waals surface area contributed by atoms with Crippen LogP contribution in [0.4, 0.5) is 0 Å². The largest absolute Gasteiger partial charge is 0.460 e. The third kappa shape index (κ3) is 3.63. The average Bonchev–Trinajstić information content (AvgIpc) is 3.58. The topological polar surface area (TPSA) is 75.8 Å². The van der Waals surface area contributed by atoms with Gasteiger partial charge in [-0.15, -0.1) is 0 Å². The SMILES string of the molecule is O=COC([C@H](CCN1CCCC1)Cc1ccon1)C1(O)c2ccccc2-c2ccccc21. The summed E-state index contributed by atoms with van der Waals surface area (Å²) in [5.74, 6) is -0.143. The molecule has 1 aromatic heterocycles. The molecule has 6 heteroatoms. The Morgan fingerprint density at radius 2 is 1.72 bits per heavy atom. The van der Waals surface area contributed by atoms with Gasteiger partial charge in [-0.3, -0.25) is 4.79 Å². The Morgan fingerprint density at radius 1 is 1.06 bits per heavy atom. The van der Waals surface area contributed by atoms with Gasteiger partial charge < -0.3 is 19.3 Å². The van der Waals surface area contributed by atoms with E-state index in [4.69, 9.17) is 9.26 Å². The molecule has 1 fully saturated rings. The number of hydrogen-bond acceptors (Lipinski definition) is 6. The molecule has 1 N–H and O–H groups in total. The number of fused-ring (bicyclic) bond motifs is 3. The summed E-state index contributed by atoms with van der Waals surface area (Å²) < 4.78 is 10.8. The third-order valence-corrected chi connectivity index (χ3v) is 6.98. The molecule has 0 saturated carbocycles. The van der Waals surface area contributed by atoms with Gasteiger partial charge in [-0.25, -0.2) is 0 Å². The predicted octanol–water partition coefficient (Wildman–Crippen LogP) is 3.78. The maximum atomic E-state index is 12.3. The van der Waals surface area contributed by atoms with Crippen LogP contribution < -0.4 is 0 Å². The maximum absolute atomic E-state index is 12.3. The van der Waals surface area contributed by atoms with E-state index < -0.39 is 11.7 Å². The number of aromatic nitrogens is 1. The Kier molecular flexibility index (Phi) is 5.81. The van der Waals surface area contributed by atoms with E-state index in [2.05, 4.69) is 10.1 Å². The van der Waals surface area contributed by atoms with Gasteiger partial charge in [-0.2, -0.15) is 0 Å². The van der Waals surface area contributed by atoms with Crippen LogP contribution >= 0.6 is 0 Å². The van der Waals surface area contributed by atoms with Gasteiger partial charge in [-0.1, -0.05) is 53.7 Å². The Balaban J connectivity index is 1.56. The minimum atomic E-state index is -1.44. The molecular weight excluding hydrogens is 404 g/mol. The summed E-state index contributed by atoms with van der Waals surface area (Å²) in [4.78, 5) is 14.2. The molecule has 1 aliphatic carbocycles. The molecule has 0 radical (unpaired) electrons. The number of aliphatic hydroxyl groups is 1. The summed E-state index contributed by atoms with van der Waals surface area (Å²) in [5, 5.41) is 16.4. The number of rotatable bonds is 9. The number of nitrogens with zero attached hydrogens (tertiary/aromatic N) is 2. The van der Waals surface area contributed by atoms with Gasteiger partial charge in [0, 0.05) is 12.0 Å². The molecule has 2 atom stereocenters. The lowest BCUT2D eigenvalue weighted by molar-refractivity contribution is -0.154. The Bertz CT molecular complexity index is 1010. The highest BCUT2D eigenvalue weighted by molar-refractivity contribution is 5.80. The van der Waals surface area contributed by atoms with Crippen LogP contribution in [0.3, 0.4) is 0 Å². The zero-order valence-electron chi connectivity index (χ0n) is 18.0. The molecule has 2 heterocycles. The van der Waals surface area contributed by atoms with Crippen LogP contribution in [0.15, 0.2) is 65.4 Å². The molecule has 5 rings (SSSR count). The van der Waals surface area contributed by atoms with Gasteiger partial charge in [0.25, 0.3) is 6.47 Å². The molecule has 2 aliphatic rings. The number of carbonyl (C=O) groups excluding carboxylic acids is 1. The van der Waals surface area contributed by atoms with E-state index in [0.29, 0.717) is 12.9 Å². The zero-order chi connectivity index (χ0) is 22.0. The number of likely N-dealkylation sites (tertiary alicyclic amines) is 1. The average molecular weight is 433 g/mol. The Hall–Kier alpha value is -2.96. The van der Waals surface area contributed by atoms with Crippen LogP contribution in [0.2, 0.25) is 0 Å². The molecule has 0 bridgehead atoms. The monoisotopic (exact) mass is 432 g/mol. The first-order chi connectivity index (χ1) is 15.7. The van der Waals surface area contributed by atoms with Crippen molar-refractivity contribution in [2.24, 2.45) is 5.92 Å². The molecule has 0 amide bonds. The van der Waals surface area contributed by atoms with Crippen molar-refractivity contribution in [3.8, 4) is 11.1 Å². The van der Waals surface area contributed by atoms with E-state index in [0.717, 1.165) is 54.0 Å². The van der Waals surface area contributed by atoms with Crippen molar-refractivity contribution < 1.29 is 19.2 Å². The summed E-state index contributed by atoms with van der Waals surface area (Å²) in [6.45, 7) is 3.54. The summed E-state index contributed by atoms with van der Waals surface area (Å²) in [6.07, 6.45) is 4.55. The molecule has 1 saturated heterocycles. The molecule has 166 valence electrons. The van der Waals surface area contributed by atoms with E-state index in [-0.39, 0.29) is 5.92 Å². The molecule has 0 spiro atoms. The fourth-order valence-corrected chi connectivity index (χ4v) is 5.49. The van der Waals surface area contributed by atoms with Gasteiger partial charge >= 0.3 is 0 Å². The highest BCUT2D eigenvalue weighted by Gasteiger charge is 2.51. The highest BCUT2D eigenvalue weighted by atomic mass is 16.5. The molecule has 1 unspecified atom stereocenters. The highest BCUT2D eigenvalue weighted by Crippen LogP contribution is 2.51. The van der Waals surface area contributed by atoms with Crippen molar-refractivity contribution in [1.82, 2.24) is 10.1 Å². The standard InChI is InChI=1S/C26H28N2O4/c29-18-31-25(19(17-20-12-16-32-27-20)11-15-28-13-5-6-14-28)26(30)23-9-3-1-7-21(23)22-8-2-4-10-24(22)26/h1-4,7-10,12,16,18-19,25,30H,5-6,11,13-15,17H2/t19-,25?/m1/s1. The van der Waals surface area contributed by atoms with Gasteiger partial charge in [-0.05, 0) is 67.6 Å². The van der Waals surface area contributed by atoms with Crippen LogP contribution in [0.1, 0.15) is 36.1 Å². The van der Waals surface area contributed by atoms with Gasteiger partial charge in [0.15, 0.2) is 5.60 Å². The maximum Gasteiger partial charge on any atom is 0.293 e. The van der Waals surface area contributed by atoms with Crippen molar-refractivity contribution in [1.29, 1.82) is 0 Å². The molecule has 1 aliphatic heterocycles. The molecule has 3 aromatic rings. The second-order valence-electron chi connectivity index (χ2n) is 8.80. The molecule has 32 heavy (non-hydrogen) atoms. The van der Waals surface area contributed by atoms with Gasteiger partial charge in [0.05, 0.1) is 5.69 Å². The van der Waals surface area contributed by atoms with Crippen molar-refractivity contribution in [2.75, 3.05) is 19.6 Å². The number of hydrogen-bond donors (Lipinski definition) is 1. The summed E-state index contributed by atoms with van der Waals surface area (Å²) in [6, 6.07) is 17.5. The van der Waals surface area contributed by atoms with Crippen LogP contribution in [0.25, 0.3) is 11.1 Å². The number of carbonyl (C=O) groups is 1. The Labute approximate surface area is 187 Å². The third-order valence-electron chi connectivity index (χ3n) is 6.98. The van der Waals surface area contributed by atoms with E-state index >= 15 is 0 Å². The normalized spacial score (nSPS) is 18.7. The lowest BCUT2D eigenvalue weighted by Crippen LogP contribution is -2.47. The van der Waals surface area contributed by atoms with Crippen molar-refractivity contribution in [3.05, 3.63) is 77.7 Å². The van der Waals surface area contributed by atoms with E-state index in [9.17, 15) is 9.90 Å². The first-order valence-electron chi connectivity index (χ1n) is 11.3. The van der Waals surface area contributed by atoms with Crippen molar-refractivity contribution in [2.45, 2.75) is 37.4 Å². The molecular formula is C26H28N2O4. The minimum Gasteiger partial charge on any atom is -0.460 e. The first-order valence-corrected chi connectivity index (χ1v) is 11.3. The van der Waals surface area contributed by atoms with E-state index in [1.807, 2.05) is 54.6 Å². The summed E-state index contributed by atoms with van der Waals surface area (Å²) >= 11 is 0. The zero-order valence-corrected chi connectivity index (χ0v) is 18.0. The molecule has 2 aromatic carbocycles. The van der Waals surface area contributed by atoms with Gasteiger partial charge in [0.1, 0.15) is 12.4 Å². The van der Waals surface area contributed by atoms with Crippen LogP contribution in [-0.2, 0) is 21.6 Å². The van der Waals surface area contributed by atoms with Crippen molar-refractivity contribution >= 4 is 6.47 Å². The molecule has 6 nitrogen and oxygen atoms in total. The predicted molar refractivity (Wildman–Crippen MR) is 120 cm³/mol. The fraction of sp³-hybridized carbons (Fsp3) is 0.385. The summed E-state index contributed by atoms with van der Waals surface area (Å²) in [7, 11) is 0. The van der Waals surface area contributed by atoms with Crippen molar-refractivity contribution in [3.63, 3.8) is 0 Å². The number of benzene rings is 2.